The molecule has 1 N–H and O–H groups in total. The van der Waals surface area contributed by atoms with Crippen LogP contribution < -0.4 is 14.8 Å². The first-order chi connectivity index (χ1) is 14.1. The summed E-state index contributed by atoms with van der Waals surface area (Å²) in [4.78, 5) is 15.2. The van der Waals surface area contributed by atoms with Gasteiger partial charge in [0.25, 0.3) is 5.91 Å². The largest absolute Gasteiger partial charge is 0.493 e. The molecule has 0 aromatic heterocycles. The molecule has 0 spiro atoms. The number of likely N-dealkylation sites (tertiary alicyclic amines) is 1. The first-order valence-corrected chi connectivity index (χ1v) is 10.6. The number of halogens is 1. The lowest BCUT2D eigenvalue weighted by Gasteiger charge is -2.15. The second-order valence-corrected chi connectivity index (χ2v) is 7.69. The molecule has 5 nitrogen and oxygen atoms in total. The maximum Gasteiger partial charge on any atom is 0.255 e. The first kappa shape index (κ1) is 21.5. The minimum atomic E-state index is -0.239. The van der Waals surface area contributed by atoms with Crippen LogP contribution in [-0.4, -0.2) is 44.2 Å². The van der Waals surface area contributed by atoms with E-state index < -0.39 is 0 Å². The van der Waals surface area contributed by atoms with Gasteiger partial charge in [-0.15, -0.1) is 0 Å². The summed E-state index contributed by atoms with van der Waals surface area (Å²) in [5, 5.41) is 3.28. The van der Waals surface area contributed by atoms with Crippen LogP contribution in [0.1, 0.15) is 42.1 Å². The minimum absolute atomic E-state index is 0.239. The molecule has 0 bridgehead atoms. The number of carbonyl (C=O) groups excluding carboxylic acids is 1. The van der Waals surface area contributed by atoms with Crippen LogP contribution in [0.25, 0.3) is 0 Å². The number of benzene rings is 2. The van der Waals surface area contributed by atoms with Gasteiger partial charge in [-0.2, -0.15) is 0 Å². The molecule has 1 amide bonds. The molecule has 0 atom stereocenters. The molecular weight excluding hydrogens is 388 g/mol. The molecule has 1 heterocycles. The fraction of sp³-hybridized carbons (Fsp3) is 0.435. The van der Waals surface area contributed by atoms with E-state index in [0.717, 1.165) is 25.1 Å². The van der Waals surface area contributed by atoms with Crippen LogP contribution in [-0.2, 0) is 6.42 Å². The summed E-state index contributed by atoms with van der Waals surface area (Å²) >= 11 is 6.32. The van der Waals surface area contributed by atoms with E-state index in [0.29, 0.717) is 28.7 Å². The number of ether oxygens (including phenoxy) is 2. The summed E-state index contributed by atoms with van der Waals surface area (Å²) < 4.78 is 11.0. The Balaban J connectivity index is 1.62. The lowest BCUT2D eigenvalue weighted by Crippen LogP contribution is -2.21. The molecule has 0 unspecified atom stereocenters. The van der Waals surface area contributed by atoms with Crippen LogP contribution in [0.5, 0.6) is 11.5 Å². The number of amides is 1. The van der Waals surface area contributed by atoms with Crippen molar-refractivity contribution in [1.82, 2.24) is 4.90 Å². The van der Waals surface area contributed by atoms with Crippen molar-refractivity contribution in [3.63, 3.8) is 0 Å². The zero-order valence-corrected chi connectivity index (χ0v) is 17.9. The van der Waals surface area contributed by atoms with Gasteiger partial charge in [0.15, 0.2) is 11.5 Å². The van der Waals surface area contributed by atoms with Gasteiger partial charge in [-0.25, -0.2) is 0 Å². The Labute approximate surface area is 177 Å². The predicted molar refractivity (Wildman–Crippen MR) is 118 cm³/mol. The number of nitrogens with one attached hydrogen (secondary N) is 1. The second kappa shape index (κ2) is 10.5. The van der Waals surface area contributed by atoms with Crippen LogP contribution in [0.4, 0.5) is 5.69 Å². The predicted octanol–water partition coefficient (Wildman–Crippen LogP) is 5.03. The molecule has 29 heavy (non-hydrogen) atoms. The summed E-state index contributed by atoms with van der Waals surface area (Å²) in [5.41, 5.74) is 2.45. The van der Waals surface area contributed by atoms with Crippen molar-refractivity contribution in [1.29, 1.82) is 0 Å². The summed E-state index contributed by atoms with van der Waals surface area (Å²) in [6, 6.07) is 11.3. The molecule has 2 aromatic rings. The van der Waals surface area contributed by atoms with E-state index in [1.54, 1.807) is 12.1 Å². The van der Waals surface area contributed by atoms with E-state index in [4.69, 9.17) is 21.1 Å². The molecule has 1 aliphatic heterocycles. The van der Waals surface area contributed by atoms with Gasteiger partial charge in [0.1, 0.15) is 0 Å². The van der Waals surface area contributed by atoms with Gasteiger partial charge in [-0.05, 0) is 68.6 Å². The smallest absolute Gasteiger partial charge is 0.255 e. The molecule has 1 aliphatic rings. The molecular formula is C23H29ClN2O3. The minimum Gasteiger partial charge on any atom is -0.493 e. The Morgan fingerprint density at radius 3 is 2.55 bits per heavy atom. The Hall–Kier alpha value is -2.24. The molecule has 2 aromatic carbocycles. The molecule has 1 fully saturated rings. The van der Waals surface area contributed by atoms with Crippen molar-refractivity contribution in [2.24, 2.45) is 0 Å². The van der Waals surface area contributed by atoms with Crippen LogP contribution in [0.3, 0.4) is 0 Å². The summed E-state index contributed by atoms with van der Waals surface area (Å²) in [6.07, 6.45) is 4.51. The zero-order chi connectivity index (χ0) is 20.6. The van der Waals surface area contributed by atoms with Gasteiger partial charge in [0, 0.05) is 17.8 Å². The van der Waals surface area contributed by atoms with Crippen molar-refractivity contribution in [2.45, 2.75) is 32.6 Å². The maximum atomic E-state index is 12.7. The highest BCUT2D eigenvalue weighted by atomic mass is 35.5. The average molecular weight is 417 g/mol. The standard InChI is InChI=1S/C23H29ClN2O3/c1-3-14-29-22-20(24)15-18(16-21(22)28-2)23(27)25-19-8-6-17(7-9-19)10-13-26-11-4-5-12-26/h6-9,15-16H,3-5,10-14H2,1-2H3,(H,25,27). The van der Waals surface area contributed by atoms with E-state index in [9.17, 15) is 4.79 Å². The third-order valence-corrected chi connectivity index (χ3v) is 5.35. The molecule has 156 valence electrons. The highest BCUT2D eigenvalue weighted by Crippen LogP contribution is 2.36. The van der Waals surface area contributed by atoms with Crippen LogP contribution in [0, 0.1) is 0 Å². The monoisotopic (exact) mass is 416 g/mol. The van der Waals surface area contributed by atoms with Crippen LogP contribution >= 0.6 is 11.6 Å². The van der Waals surface area contributed by atoms with Gasteiger partial charge in [-0.3, -0.25) is 4.79 Å². The number of carbonyl (C=O) groups is 1. The van der Waals surface area contributed by atoms with Crippen molar-refractivity contribution >= 4 is 23.2 Å². The van der Waals surface area contributed by atoms with E-state index in [1.807, 2.05) is 19.1 Å². The molecule has 0 aliphatic carbocycles. The highest BCUT2D eigenvalue weighted by Gasteiger charge is 2.16. The van der Waals surface area contributed by atoms with Crippen molar-refractivity contribution in [3.05, 3.63) is 52.5 Å². The molecule has 3 rings (SSSR count). The lowest BCUT2D eigenvalue weighted by molar-refractivity contribution is 0.102. The third-order valence-electron chi connectivity index (χ3n) is 5.07. The topological polar surface area (TPSA) is 50.8 Å². The summed E-state index contributed by atoms with van der Waals surface area (Å²) in [7, 11) is 1.53. The van der Waals surface area contributed by atoms with E-state index in [1.165, 1.54) is 38.6 Å². The second-order valence-electron chi connectivity index (χ2n) is 7.29. The Bertz CT molecular complexity index is 818. The van der Waals surface area contributed by atoms with Crippen LogP contribution in [0.2, 0.25) is 5.02 Å². The van der Waals surface area contributed by atoms with Crippen molar-refractivity contribution < 1.29 is 14.3 Å². The molecule has 6 heteroatoms. The molecule has 0 saturated carbocycles. The quantitative estimate of drug-likeness (QED) is 0.623. The zero-order valence-electron chi connectivity index (χ0n) is 17.2. The number of hydrogen-bond donors (Lipinski definition) is 1. The first-order valence-electron chi connectivity index (χ1n) is 10.2. The SMILES string of the molecule is CCCOc1c(Cl)cc(C(=O)Nc2ccc(CCN3CCCC3)cc2)cc1OC. The Kier molecular flexibility index (Phi) is 7.78. The summed E-state index contributed by atoms with van der Waals surface area (Å²) in [5.74, 6) is 0.681. The number of hydrogen-bond acceptors (Lipinski definition) is 4. The van der Waals surface area contributed by atoms with E-state index in [2.05, 4.69) is 22.3 Å². The van der Waals surface area contributed by atoms with Gasteiger partial charge in [0.2, 0.25) is 0 Å². The van der Waals surface area contributed by atoms with E-state index >= 15 is 0 Å². The third kappa shape index (κ3) is 5.87. The van der Waals surface area contributed by atoms with Crippen molar-refractivity contribution in [3.8, 4) is 11.5 Å². The van der Waals surface area contributed by atoms with E-state index in [-0.39, 0.29) is 5.91 Å². The average Bonchev–Trinajstić information content (AvgIpc) is 3.25. The highest BCUT2D eigenvalue weighted by molar-refractivity contribution is 6.32. The fourth-order valence-corrected chi connectivity index (χ4v) is 3.71. The van der Waals surface area contributed by atoms with Crippen molar-refractivity contribution in [2.75, 3.05) is 38.7 Å². The maximum absolute atomic E-state index is 12.7. The van der Waals surface area contributed by atoms with Gasteiger partial charge in [-0.1, -0.05) is 30.7 Å². The normalized spacial score (nSPS) is 14.0. The van der Waals surface area contributed by atoms with Gasteiger partial charge in [0.05, 0.1) is 18.7 Å². The molecule has 1 saturated heterocycles. The number of rotatable bonds is 9. The fourth-order valence-electron chi connectivity index (χ4n) is 3.45. The Morgan fingerprint density at radius 1 is 1.17 bits per heavy atom. The number of nitrogens with zero attached hydrogens (tertiary/aromatic N) is 1. The number of anilines is 1. The molecule has 0 radical (unpaired) electrons. The Morgan fingerprint density at radius 2 is 1.90 bits per heavy atom. The van der Waals surface area contributed by atoms with Gasteiger partial charge >= 0.3 is 0 Å². The van der Waals surface area contributed by atoms with Gasteiger partial charge < -0.3 is 19.7 Å². The van der Waals surface area contributed by atoms with Crippen LogP contribution in [0.15, 0.2) is 36.4 Å². The lowest BCUT2D eigenvalue weighted by atomic mass is 10.1. The summed E-state index contributed by atoms with van der Waals surface area (Å²) in [6.45, 7) is 6.06. The number of methoxy groups -OCH3 is 1.